The van der Waals surface area contributed by atoms with Gasteiger partial charge in [-0.1, -0.05) is 19.3 Å². The minimum atomic E-state index is 0.00347. The zero-order valence-electron chi connectivity index (χ0n) is 7.36. The van der Waals surface area contributed by atoms with Gasteiger partial charge in [-0.15, -0.1) is 0 Å². The van der Waals surface area contributed by atoms with Crippen LogP contribution in [0.4, 0.5) is 0 Å². The molecule has 1 heterocycles. The van der Waals surface area contributed by atoms with E-state index in [1.807, 2.05) is 0 Å². The summed E-state index contributed by atoms with van der Waals surface area (Å²) in [4.78, 5) is 11.6. The zero-order valence-corrected chi connectivity index (χ0v) is 7.36. The van der Waals surface area contributed by atoms with E-state index in [1.54, 1.807) is 0 Å². The summed E-state index contributed by atoms with van der Waals surface area (Å²) in [6.07, 6.45) is 6.99. The lowest BCUT2D eigenvalue weighted by molar-refractivity contribution is -0.137. The summed E-state index contributed by atoms with van der Waals surface area (Å²) < 4.78 is 0. The van der Waals surface area contributed by atoms with E-state index < -0.39 is 0 Å². The van der Waals surface area contributed by atoms with Crippen LogP contribution in [0.3, 0.4) is 0 Å². The van der Waals surface area contributed by atoms with E-state index in [2.05, 4.69) is 10.9 Å². The maximum absolute atomic E-state index is 11.6. The minimum Gasteiger partial charge on any atom is -0.291 e. The van der Waals surface area contributed by atoms with Gasteiger partial charge in [-0.25, -0.2) is 5.43 Å². The van der Waals surface area contributed by atoms with Gasteiger partial charge in [-0.3, -0.25) is 10.2 Å². The van der Waals surface area contributed by atoms with Gasteiger partial charge in [0.15, 0.2) is 0 Å². The van der Waals surface area contributed by atoms with Crippen LogP contribution in [-0.2, 0) is 4.79 Å². The van der Waals surface area contributed by atoms with Crippen molar-refractivity contribution in [2.24, 2.45) is 5.41 Å². The average Bonchev–Trinajstić information content (AvgIpc) is 2.12. The Morgan fingerprint density at radius 2 is 1.83 bits per heavy atom. The fraction of sp³-hybridized carbons (Fsp3) is 0.889. The molecule has 2 rings (SSSR count). The van der Waals surface area contributed by atoms with Gasteiger partial charge in [0.1, 0.15) is 0 Å². The standard InChI is InChI=1S/C9H16N2O/c12-8-9(6-7-10-11-8)4-2-1-3-5-9/h10H,1-7H2,(H,11,12). The molecule has 0 aromatic rings. The summed E-state index contributed by atoms with van der Waals surface area (Å²) in [7, 11) is 0. The van der Waals surface area contributed by atoms with E-state index in [0.29, 0.717) is 0 Å². The Labute approximate surface area is 72.9 Å². The van der Waals surface area contributed by atoms with Crippen molar-refractivity contribution in [3.63, 3.8) is 0 Å². The fourth-order valence-corrected chi connectivity index (χ4v) is 2.40. The lowest BCUT2D eigenvalue weighted by Crippen LogP contribution is -2.54. The summed E-state index contributed by atoms with van der Waals surface area (Å²) in [6, 6.07) is 0. The predicted octanol–water partition coefficient (Wildman–Crippen LogP) is 0.961. The molecule has 68 valence electrons. The summed E-state index contributed by atoms with van der Waals surface area (Å²) in [5.41, 5.74) is 5.66. The van der Waals surface area contributed by atoms with Crippen molar-refractivity contribution < 1.29 is 4.79 Å². The van der Waals surface area contributed by atoms with E-state index >= 15 is 0 Å². The van der Waals surface area contributed by atoms with Crippen molar-refractivity contribution in [2.45, 2.75) is 38.5 Å². The van der Waals surface area contributed by atoms with E-state index in [4.69, 9.17) is 0 Å². The normalized spacial score (nSPS) is 28.5. The van der Waals surface area contributed by atoms with Gasteiger partial charge in [-0.05, 0) is 19.3 Å². The Balaban J connectivity index is 2.09. The van der Waals surface area contributed by atoms with Gasteiger partial charge in [0.25, 0.3) is 0 Å². The first kappa shape index (κ1) is 8.05. The molecule has 1 spiro atoms. The van der Waals surface area contributed by atoms with Gasteiger partial charge < -0.3 is 0 Å². The fourth-order valence-electron chi connectivity index (χ4n) is 2.40. The summed E-state index contributed by atoms with van der Waals surface area (Å²) in [6.45, 7) is 0.936. The molecule has 0 atom stereocenters. The highest BCUT2D eigenvalue weighted by atomic mass is 16.2. The Hall–Kier alpha value is -0.570. The molecule has 2 aliphatic rings. The molecule has 2 N–H and O–H groups in total. The first-order chi connectivity index (χ1) is 5.83. The second-order valence-electron chi connectivity index (χ2n) is 3.97. The summed E-state index contributed by atoms with van der Waals surface area (Å²) >= 11 is 0. The molecule has 1 saturated heterocycles. The van der Waals surface area contributed by atoms with Crippen LogP contribution < -0.4 is 10.9 Å². The van der Waals surface area contributed by atoms with Crippen molar-refractivity contribution in [3.05, 3.63) is 0 Å². The Morgan fingerprint density at radius 3 is 2.50 bits per heavy atom. The molecule has 0 aromatic heterocycles. The Kier molecular flexibility index (Phi) is 2.05. The first-order valence-electron chi connectivity index (χ1n) is 4.87. The van der Waals surface area contributed by atoms with Crippen molar-refractivity contribution in [2.75, 3.05) is 6.54 Å². The van der Waals surface area contributed by atoms with Crippen LogP contribution in [0.1, 0.15) is 38.5 Å². The topological polar surface area (TPSA) is 41.1 Å². The van der Waals surface area contributed by atoms with Crippen LogP contribution in [0, 0.1) is 5.41 Å². The molecule has 1 amide bonds. The van der Waals surface area contributed by atoms with E-state index in [0.717, 1.165) is 25.8 Å². The Bertz CT molecular complexity index is 177. The molecule has 1 saturated carbocycles. The molecule has 0 unspecified atom stereocenters. The van der Waals surface area contributed by atoms with Gasteiger partial charge in [0, 0.05) is 6.54 Å². The lowest BCUT2D eigenvalue weighted by Gasteiger charge is -2.39. The predicted molar refractivity (Wildman–Crippen MR) is 46.3 cm³/mol. The number of carbonyl (C=O) groups excluding carboxylic acids is 1. The third kappa shape index (κ3) is 1.22. The van der Waals surface area contributed by atoms with E-state index in [-0.39, 0.29) is 11.3 Å². The van der Waals surface area contributed by atoms with Crippen molar-refractivity contribution in [1.29, 1.82) is 0 Å². The van der Waals surface area contributed by atoms with Gasteiger partial charge in [0.2, 0.25) is 5.91 Å². The number of amides is 1. The van der Waals surface area contributed by atoms with Crippen molar-refractivity contribution in [3.8, 4) is 0 Å². The van der Waals surface area contributed by atoms with Gasteiger partial charge in [-0.2, -0.15) is 0 Å². The highest BCUT2D eigenvalue weighted by molar-refractivity contribution is 5.82. The smallest absolute Gasteiger partial charge is 0.240 e. The molecule has 0 radical (unpaired) electrons. The van der Waals surface area contributed by atoms with Crippen LogP contribution in [-0.4, -0.2) is 12.5 Å². The highest BCUT2D eigenvalue weighted by Gasteiger charge is 2.40. The largest absolute Gasteiger partial charge is 0.291 e. The molecule has 1 aliphatic carbocycles. The quantitative estimate of drug-likeness (QED) is 0.565. The van der Waals surface area contributed by atoms with Gasteiger partial charge >= 0.3 is 0 Å². The molecule has 1 aliphatic heterocycles. The monoisotopic (exact) mass is 168 g/mol. The number of hydrazine groups is 1. The molecule has 0 bridgehead atoms. The van der Waals surface area contributed by atoms with E-state index in [1.165, 1.54) is 19.3 Å². The molecular weight excluding hydrogens is 152 g/mol. The number of nitrogens with one attached hydrogen (secondary N) is 2. The van der Waals surface area contributed by atoms with Crippen LogP contribution in [0.25, 0.3) is 0 Å². The maximum atomic E-state index is 11.6. The average molecular weight is 168 g/mol. The molecule has 12 heavy (non-hydrogen) atoms. The van der Waals surface area contributed by atoms with Crippen molar-refractivity contribution in [1.82, 2.24) is 10.9 Å². The van der Waals surface area contributed by atoms with Crippen LogP contribution in [0.5, 0.6) is 0 Å². The second kappa shape index (κ2) is 3.05. The SMILES string of the molecule is O=C1NNCCC12CCCCC2. The first-order valence-corrected chi connectivity index (χ1v) is 4.87. The van der Waals surface area contributed by atoms with Gasteiger partial charge in [0.05, 0.1) is 5.41 Å². The number of hydrogen-bond acceptors (Lipinski definition) is 2. The minimum absolute atomic E-state index is 0.00347. The Morgan fingerprint density at radius 1 is 1.08 bits per heavy atom. The molecule has 3 nitrogen and oxygen atoms in total. The zero-order chi connectivity index (χ0) is 8.44. The summed E-state index contributed by atoms with van der Waals surface area (Å²) in [5.74, 6) is 0.230. The molecule has 0 aromatic carbocycles. The van der Waals surface area contributed by atoms with Crippen LogP contribution in [0.2, 0.25) is 0 Å². The molecule has 3 heteroatoms. The number of hydrogen-bond donors (Lipinski definition) is 2. The van der Waals surface area contributed by atoms with Crippen LogP contribution >= 0.6 is 0 Å². The maximum Gasteiger partial charge on any atom is 0.240 e. The van der Waals surface area contributed by atoms with Crippen LogP contribution in [0.15, 0.2) is 0 Å². The molecular formula is C9H16N2O. The lowest BCUT2D eigenvalue weighted by atomic mass is 9.70. The number of carbonyl (C=O) groups is 1. The highest BCUT2D eigenvalue weighted by Crippen LogP contribution is 2.39. The third-order valence-electron chi connectivity index (χ3n) is 3.22. The summed E-state index contributed by atoms with van der Waals surface area (Å²) in [5, 5.41) is 0. The second-order valence-corrected chi connectivity index (χ2v) is 3.97. The molecule has 2 fully saturated rings. The van der Waals surface area contributed by atoms with E-state index in [9.17, 15) is 4.79 Å². The van der Waals surface area contributed by atoms with Crippen molar-refractivity contribution >= 4 is 5.91 Å². The third-order valence-corrected chi connectivity index (χ3v) is 3.22. The number of rotatable bonds is 0.